The fourth-order valence-electron chi connectivity index (χ4n) is 2.38. The highest BCUT2D eigenvalue weighted by atomic mass is 32.2. The van der Waals surface area contributed by atoms with Gasteiger partial charge in [0.1, 0.15) is 0 Å². The van der Waals surface area contributed by atoms with E-state index >= 15 is 0 Å². The molecule has 0 bridgehead atoms. The summed E-state index contributed by atoms with van der Waals surface area (Å²) in [6, 6.07) is 8.52. The Balaban J connectivity index is 1.60. The maximum Gasteiger partial charge on any atom is 0.214 e. The van der Waals surface area contributed by atoms with Crippen LogP contribution in [0.1, 0.15) is 24.0 Å². The number of benzene rings is 1. The van der Waals surface area contributed by atoms with Gasteiger partial charge >= 0.3 is 0 Å². The van der Waals surface area contributed by atoms with Gasteiger partial charge in [-0.15, -0.1) is 0 Å². The second-order valence-electron chi connectivity index (χ2n) is 5.14. The van der Waals surface area contributed by atoms with E-state index < -0.39 is 10.0 Å². The first-order valence-electron chi connectivity index (χ1n) is 6.44. The van der Waals surface area contributed by atoms with Gasteiger partial charge in [-0.3, -0.25) is 0 Å². The van der Waals surface area contributed by atoms with Crippen molar-refractivity contribution in [3.63, 3.8) is 0 Å². The van der Waals surface area contributed by atoms with Gasteiger partial charge in [-0.25, -0.2) is 13.1 Å². The van der Waals surface area contributed by atoms with E-state index in [4.69, 9.17) is 0 Å². The molecule has 1 heterocycles. The predicted molar refractivity (Wildman–Crippen MR) is 70.7 cm³/mol. The highest BCUT2D eigenvalue weighted by Crippen LogP contribution is 2.27. The predicted octanol–water partition coefficient (Wildman–Crippen LogP) is 0.783. The van der Waals surface area contributed by atoms with Crippen LogP contribution in [-0.2, 0) is 23.0 Å². The van der Waals surface area contributed by atoms with Gasteiger partial charge in [0.25, 0.3) is 0 Å². The van der Waals surface area contributed by atoms with Gasteiger partial charge in [0.15, 0.2) is 0 Å². The molecule has 18 heavy (non-hydrogen) atoms. The molecule has 1 aromatic carbocycles. The summed E-state index contributed by atoms with van der Waals surface area (Å²) in [4.78, 5) is 0. The molecule has 0 spiro atoms. The third kappa shape index (κ3) is 2.58. The Morgan fingerprint density at radius 1 is 1.22 bits per heavy atom. The lowest BCUT2D eigenvalue weighted by Gasteiger charge is -2.26. The van der Waals surface area contributed by atoms with E-state index in [1.165, 1.54) is 11.1 Å². The number of hydrogen-bond acceptors (Lipinski definition) is 3. The van der Waals surface area contributed by atoms with Crippen molar-refractivity contribution in [3.8, 4) is 0 Å². The molecule has 0 aromatic heterocycles. The molecule has 3 rings (SSSR count). The van der Waals surface area contributed by atoms with Crippen molar-refractivity contribution < 1.29 is 8.42 Å². The molecule has 1 saturated carbocycles. The molecule has 98 valence electrons. The second kappa shape index (κ2) is 4.64. The minimum absolute atomic E-state index is 0.131. The van der Waals surface area contributed by atoms with Crippen LogP contribution in [0, 0.1) is 0 Å². The molecule has 1 atom stereocenters. The van der Waals surface area contributed by atoms with Crippen molar-refractivity contribution >= 4 is 10.0 Å². The summed E-state index contributed by atoms with van der Waals surface area (Å²) in [5.74, 6) is 0. The van der Waals surface area contributed by atoms with Crippen LogP contribution in [-0.4, -0.2) is 26.3 Å². The van der Waals surface area contributed by atoms with Crippen molar-refractivity contribution in [2.45, 2.75) is 37.1 Å². The van der Waals surface area contributed by atoms with Crippen molar-refractivity contribution in [2.75, 3.05) is 6.54 Å². The van der Waals surface area contributed by atoms with E-state index in [-0.39, 0.29) is 11.3 Å². The highest BCUT2D eigenvalue weighted by molar-refractivity contribution is 7.90. The zero-order valence-electron chi connectivity index (χ0n) is 10.2. The molecule has 0 saturated heterocycles. The molecule has 1 aromatic rings. The summed E-state index contributed by atoms with van der Waals surface area (Å²) in [6.07, 6.45) is 2.52. The Morgan fingerprint density at radius 2 is 1.94 bits per heavy atom. The minimum Gasteiger partial charge on any atom is -0.308 e. The molecule has 2 aliphatic rings. The molecule has 2 N–H and O–H groups in total. The number of nitrogens with one attached hydrogen (secondary N) is 2. The monoisotopic (exact) mass is 266 g/mol. The summed E-state index contributed by atoms with van der Waals surface area (Å²) in [7, 11) is -3.05. The molecule has 1 aliphatic carbocycles. The van der Waals surface area contributed by atoms with E-state index in [0.717, 1.165) is 25.8 Å². The van der Waals surface area contributed by atoms with Crippen molar-refractivity contribution in [2.24, 2.45) is 0 Å². The minimum atomic E-state index is -3.05. The van der Waals surface area contributed by atoms with E-state index in [1.54, 1.807) is 0 Å². The molecule has 4 nitrogen and oxygen atoms in total. The van der Waals surface area contributed by atoms with Gasteiger partial charge in [-0.2, -0.15) is 0 Å². The van der Waals surface area contributed by atoms with Crippen molar-refractivity contribution in [1.82, 2.24) is 10.0 Å². The summed E-state index contributed by atoms with van der Waals surface area (Å²) < 4.78 is 26.2. The van der Waals surface area contributed by atoms with E-state index in [0.29, 0.717) is 6.54 Å². The smallest absolute Gasteiger partial charge is 0.214 e. The fraction of sp³-hybridized carbons (Fsp3) is 0.538. The molecule has 0 unspecified atom stereocenters. The Kier molecular flexibility index (Phi) is 3.13. The molecule has 0 amide bonds. The van der Waals surface area contributed by atoms with Crippen LogP contribution in [0.25, 0.3) is 0 Å². The maximum atomic E-state index is 11.7. The van der Waals surface area contributed by atoms with Gasteiger partial charge in [-0.05, 0) is 30.4 Å². The van der Waals surface area contributed by atoms with Crippen LogP contribution >= 0.6 is 0 Å². The first-order chi connectivity index (χ1) is 8.65. The SMILES string of the molecule is O=S(=O)(NC[C@@H]1Cc2ccccc2CN1)C1CC1. The largest absolute Gasteiger partial charge is 0.308 e. The Morgan fingerprint density at radius 3 is 2.67 bits per heavy atom. The lowest BCUT2D eigenvalue weighted by molar-refractivity contribution is 0.469. The van der Waals surface area contributed by atoms with Gasteiger partial charge in [-0.1, -0.05) is 24.3 Å². The second-order valence-corrected chi connectivity index (χ2v) is 7.19. The molecule has 1 aliphatic heterocycles. The van der Waals surface area contributed by atoms with Gasteiger partial charge in [0.05, 0.1) is 5.25 Å². The molecule has 1 fully saturated rings. The third-order valence-electron chi connectivity index (χ3n) is 3.66. The number of rotatable bonds is 4. The maximum absolute atomic E-state index is 11.7. The van der Waals surface area contributed by atoms with E-state index in [2.05, 4.69) is 22.2 Å². The first kappa shape index (κ1) is 12.1. The summed E-state index contributed by atoms with van der Waals surface area (Å²) in [6.45, 7) is 1.32. The quantitative estimate of drug-likeness (QED) is 0.847. The summed E-state index contributed by atoms with van der Waals surface area (Å²) in [5, 5.41) is 3.25. The topological polar surface area (TPSA) is 58.2 Å². The van der Waals surface area contributed by atoms with E-state index in [1.807, 2.05) is 12.1 Å². The lowest BCUT2D eigenvalue weighted by Crippen LogP contribution is -2.45. The summed E-state index contributed by atoms with van der Waals surface area (Å²) >= 11 is 0. The highest BCUT2D eigenvalue weighted by Gasteiger charge is 2.35. The third-order valence-corrected chi connectivity index (χ3v) is 5.58. The van der Waals surface area contributed by atoms with Gasteiger partial charge < -0.3 is 5.32 Å². The standard InChI is InChI=1S/C13H18N2O2S/c16-18(17,13-5-6-13)15-9-12-7-10-3-1-2-4-11(10)8-14-12/h1-4,12-15H,5-9H2/t12-/m0/s1. The van der Waals surface area contributed by atoms with Crippen LogP contribution < -0.4 is 10.0 Å². The number of hydrogen-bond donors (Lipinski definition) is 2. The molecular formula is C13H18N2O2S. The van der Waals surface area contributed by atoms with Crippen LogP contribution in [0.15, 0.2) is 24.3 Å². The fourth-order valence-corrected chi connectivity index (χ4v) is 3.80. The van der Waals surface area contributed by atoms with Crippen LogP contribution in [0.3, 0.4) is 0 Å². The Hall–Kier alpha value is -0.910. The average Bonchev–Trinajstić information content (AvgIpc) is 3.21. The van der Waals surface area contributed by atoms with Crippen molar-refractivity contribution in [3.05, 3.63) is 35.4 Å². The zero-order valence-corrected chi connectivity index (χ0v) is 11.0. The first-order valence-corrected chi connectivity index (χ1v) is 7.98. The number of fused-ring (bicyclic) bond motifs is 1. The van der Waals surface area contributed by atoms with Crippen LogP contribution in [0.4, 0.5) is 0 Å². The summed E-state index contributed by atoms with van der Waals surface area (Å²) in [5.41, 5.74) is 2.64. The number of sulfonamides is 1. The van der Waals surface area contributed by atoms with Crippen LogP contribution in [0.5, 0.6) is 0 Å². The lowest BCUT2D eigenvalue weighted by atomic mass is 9.96. The average molecular weight is 266 g/mol. The van der Waals surface area contributed by atoms with Gasteiger partial charge in [0.2, 0.25) is 10.0 Å². The molecule has 5 heteroatoms. The molecule has 0 radical (unpaired) electrons. The normalized spacial score (nSPS) is 23.7. The van der Waals surface area contributed by atoms with E-state index in [9.17, 15) is 8.42 Å². The Bertz CT molecular complexity index is 538. The molecular weight excluding hydrogens is 248 g/mol. The zero-order chi connectivity index (χ0) is 12.6. The van der Waals surface area contributed by atoms with Crippen molar-refractivity contribution in [1.29, 1.82) is 0 Å². The Labute approximate surface area is 108 Å². The van der Waals surface area contributed by atoms with Gasteiger partial charge in [0, 0.05) is 19.1 Å². The van der Waals surface area contributed by atoms with Crippen LogP contribution in [0.2, 0.25) is 0 Å².